The van der Waals surface area contributed by atoms with E-state index < -0.39 is 16.1 Å². The topological polar surface area (TPSA) is 76.1 Å². The Bertz CT molecular complexity index is 599. The SMILES string of the molecule is COc1cc(C)c(S(=O)(=O)N2CCC(O)C2)cc1OC. The van der Waals surface area contributed by atoms with Gasteiger partial charge in [0.05, 0.1) is 25.2 Å². The summed E-state index contributed by atoms with van der Waals surface area (Å²) in [6, 6.07) is 3.10. The molecule has 0 spiro atoms. The summed E-state index contributed by atoms with van der Waals surface area (Å²) < 4.78 is 36.8. The summed E-state index contributed by atoms with van der Waals surface area (Å²) in [6.07, 6.45) is -0.129. The second-order valence-electron chi connectivity index (χ2n) is 4.78. The van der Waals surface area contributed by atoms with Crippen LogP contribution in [0.1, 0.15) is 12.0 Å². The van der Waals surface area contributed by atoms with Crippen LogP contribution in [-0.4, -0.2) is 51.2 Å². The average Bonchev–Trinajstić information content (AvgIpc) is 2.85. The molecule has 0 saturated carbocycles. The molecule has 2 rings (SSSR count). The number of rotatable bonds is 4. The van der Waals surface area contributed by atoms with E-state index in [4.69, 9.17) is 9.47 Å². The molecule has 1 aromatic rings. The summed E-state index contributed by atoms with van der Waals surface area (Å²) in [5, 5.41) is 9.51. The Morgan fingerprint density at radius 1 is 1.25 bits per heavy atom. The van der Waals surface area contributed by atoms with Crippen LogP contribution in [0.5, 0.6) is 11.5 Å². The Kier molecular flexibility index (Phi) is 4.22. The fraction of sp³-hybridized carbons (Fsp3) is 0.538. The van der Waals surface area contributed by atoms with Crippen molar-refractivity contribution >= 4 is 10.0 Å². The number of aryl methyl sites for hydroxylation is 1. The number of ether oxygens (including phenoxy) is 2. The maximum Gasteiger partial charge on any atom is 0.243 e. The molecular formula is C13H19NO5S. The highest BCUT2D eigenvalue weighted by molar-refractivity contribution is 7.89. The average molecular weight is 301 g/mol. The number of aliphatic hydroxyl groups is 1. The van der Waals surface area contributed by atoms with Gasteiger partial charge in [-0.2, -0.15) is 4.31 Å². The third kappa shape index (κ3) is 2.61. The van der Waals surface area contributed by atoms with Gasteiger partial charge in [0.25, 0.3) is 0 Å². The highest BCUT2D eigenvalue weighted by Crippen LogP contribution is 2.34. The number of aliphatic hydroxyl groups excluding tert-OH is 1. The normalized spacial score (nSPS) is 20.1. The second kappa shape index (κ2) is 5.59. The van der Waals surface area contributed by atoms with E-state index >= 15 is 0 Å². The minimum absolute atomic E-state index is 0.135. The van der Waals surface area contributed by atoms with Crippen molar-refractivity contribution in [2.75, 3.05) is 27.3 Å². The molecule has 6 nitrogen and oxygen atoms in total. The first-order chi connectivity index (χ1) is 9.40. The zero-order valence-electron chi connectivity index (χ0n) is 11.8. The minimum Gasteiger partial charge on any atom is -0.493 e. The van der Waals surface area contributed by atoms with Crippen molar-refractivity contribution in [3.63, 3.8) is 0 Å². The van der Waals surface area contributed by atoms with Crippen LogP contribution in [0.4, 0.5) is 0 Å². The molecule has 1 atom stereocenters. The van der Waals surface area contributed by atoms with Crippen LogP contribution in [0, 0.1) is 6.92 Å². The third-order valence-electron chi connectivity index (χ3n) is 3.43. The van der Waals surface area contributed by atoms with Crippen LogP contribution in [0.25, 0.3) is 0 Å². The van der Waals surface area contributed by atoms with E-state index in [-0.39, 0.29) is 11.4 Å². The van der Waals surface area contributed by atoms with E-state index in [1.165, 1.54) is 24.6 Å². The van der Waals surface area contributed by atoms with Gasteiger partial charge in [-0.3, -0.25) is 0 Å². The standard InChI is InChI=1S/C13H19NO5S/c1-9-6-11(18-2)12(19-3)7-13(9)20(16,17)14-5-4-10(15)8-14/h6-7,10,15H,4-5,8H2,1-3H3. The van der Waals surface area contributed by atoms with Crippen molar-refractivity contribution in [2.24, 2.45) is 0 Å². The minimum atomic E-state index is -3.62. The molecule has 1 unspecified atom stereocenters. The van der Waals surface area contributed by atoms with Gasteiger partial charge in [0, 0.05) is 19.2 Å². The molecule has 1 aromatic carbocycles. The number of β-amino-alcohol motifs (C(OH)–C–C–N with tert-alkyl or cyclic N) is 1. The van der Waals surface area contributed by atoms with Gasteiger partial charge in [-0.1, -0.05) is 0 Å². The zero-order chi connectivity index (χ0) is 14.9. The number of sulfonamides is 1. The predicted molar refractivity (Wildman–Crippen MR) is 73.7 cm³/mol. The summed E-state index contributed by atoms with van der Waals surface area (Å²) in [6.45, 7) is 2.18. The lowest BCUT2D eigenvalue weighted by molar-refractivity contribution is 0.189. The van der Waals surface area contributed by atoms with Gasteiger partial charge in [-0.05, 0) is 25.0 Å². The molecule has 0 aromatic heterocycles. The lowest BCUT2D eigenvalue weighted by Gasteiger charge is -2.19. The van der Waals surface area contributed by atoms with Crippen LogP contribution in [-0.2, 0) is 10.0 Å². The molecule has 1 aliphatic rings. The summed E-state index contributed by atoms with van der Waals surface area (Å²) in [4.78, 5) is 0.184. The highest BCUT2D eigenvalue weighted by atomic mass is 32.2. The molecule has 0 radical (unpaired) electrons. The number of hydrogen-bond donors (Lipinski definition) is 1. The van der Waals surface area contributed by atoms with Crippen LogP contribution in [0.2, 0.25) is 0 Å². The van der Waals surface area contributed by atoms with Gasteiger partial charge in [0.1, 0.15) is 0 Å². The molecule has 0 bridgehead atoms. The summed E-state index contributed by atoms with van der Waals surface area (Å²) in [5.74, 6) is 0.863. The maximum absolute atomic E-state index is 12.6. The van der Waals surface area contributed by atoms with Crippen LogP contribution in [0.3, 0.4) is 0 Å². The maximum atomic E-state index is 12.6. The molecule has 1 aliphatic heterocycles. The molecule has 0 amide bonds. The lowest BCUT2D eigenvalue weighted by atomic mass is 10.2. The van der Waals surface area contributed by atoms with Crippen molar-refractivity contribution in [3.05, 3.63) is 17.7 Å². The largest absolute Gasteiger partial charge is 0.493 e. The molecule has 20 heavy (non-hydrogen) atoms. The third-order valence-corrected chi connectivity index (χ3v) is 5.43. The molecule has 1 N–H and O–H groups in total. The molecule has 1 fully saturated rings. The first-order valence-electron chi connectivity index (χ1n) is 6.31. The zero-order valence-corrected chi connectivity index (χ0v) is 12.6. The van der Waals surface area contributed by atoms with Crippen molar-refractivity contribution in [1.82, 2.24) is 4.31 Å². The first-order valence-corrected chi connectivity index (χ1v) is 7.75. The fourth-order valence-corrected chi connectivity index (χ4v) is 4.02. The van der Waals surface area contributed by atoms with E-state index in [0.717, 1.165) is 0 Å². The summed E-state index contributed by atoms with van der Waals surface area (Å²) >= 11 is 0. The van der Waals surface area contributed by atoms with Crippen molar-refractivity contribution in [3.8, 4) is 11.5 Å². The molecule has 112 valence electrons. The summed E-state index contributed by atoms with van der Waals surface area (Å²) in [7, 11) is -0.658. The predicted octanol–water partition coefficient (Wildman–Crippen LogP) is 0.768. The van der Waals surface area contributed by atoms with Crippen LogP contribution in [0.15, 0.2) is 17.0 Å². The molecule has 0 aliphatic carbocycles. The summed E-state index contributed by atoms with van der Waals surface area (Å²) in [5.41, 5.74) is 0.587. The van der Waals surface area contributed by atoms with E-state index in [1.807, 2.05) is 0 Å². The molecular weight excluding hydrogens is 282 g/mol. The lowest BCUT2D eigenvalue weighted by Crippen LogP contribution is -2.30. The Morgan fingerprint density at radius 3 is 2.35 bits per heavy atom. The van der Waals surface area contributed by atoms with E-state index in [2.05, 4.69) is 0 Å². The first kappa shape index (κ1) is 15.1. The second-order valence-corrected chi connectivity index (χ2v) is 6.68. The Morgan fingerprint density at radius 2 is 1.85 bits per heavy atom. The van der Waals surface area contributed by atoms with E-state index in [1.54, 1.807) is 13.0 Å². The number of methoxy groups -OCH3 is 2. The van der Waals surface area contributed by atoms with E-state index in [0.29, 0.717) is 30.0 Å². The molecule has 1 heterocycles. The number of nitrogens with zero attached hydrogens (tertiary/aromatic N) is 1. The number of hydrogen-bond acceptors (Lipinski definition) is 5. The van der Waals surface area contributed by atoms with Crippen LogP contribution >= 0.6 is 0 Å². The Labute approximate surface area is 119 Å². The van der Waals surface area contributed by atoms with Gasteiger partial charge in [-0.25, -0.2) is 8.42 Å². The Balaban J connectivity index is 2.46. The number of benzene rings is 1. The van der Waals surface area contributed by atoms with Gasteiger partial charge in [0.2, 0.25) is 10.0 Å². The quantitative estimate of drug-likeness (QED) is 0.889. The van der Waals surface area contributed by atoms with Crippen molar-refractivity contribution < 1.29 is 23.0 Å². The smallest absolute Gasteiger partial charge is 0.243 e. The van der Waals surface area contributed by atoms with Gasteiger partial charge < -0.3 is 14.6 Å². The monoisotopic (exact) mass is 301 g/mol. The molecule has 7 heteroatoms. The van der Waals surface area contributed by atoms with Crippen LogP contribution < -0.4 is 9.47 Å². The Hall–Kier alpha value is -1.31. The highest BCUT2D eigenvalue weighted by Gasteiger charge is 2.33. The van der Waals surface area contributed by atoms with E-state index in [9.17, 15) is 13.5 Å². The van der Waals surface area contributed by atoms with Gasteiger partial charge >= 0.3 is 0 Å². The van der Waals surface area contributed by atoms with Gasteiger partial charge in [-0.15, -0.1) is 0 Å². The van der Waals surface area contributed by atoms with Crippen molar-refractivity contribution in [1.29, 1.82) is 0 Å². The molecule has 1 saturated heterocycles. The fourth-order valence-electron chi connectivity index (χ4n) is 2.31. The van der Waals surface area contributed by atoms with Crippen molar-refractivity contribution in [2.45, 2.75) is 24.3 Å². The van der Waals surface area contributed by atoms with Gasteiger partial charge in [0.15, 0.2) is 11.5 Å².